The Morgan fingerprint density at radius 1 is 0.939 bits per heavy atom. The highest BCUT2D eigenvalue weighted by atomic mass is 28.4. The van der Waals surface area contributed by atoms with Crippen LogP contribution in [0.25, 0.3) is 0 Å². The van der Waals surface area contributed by atoms with Crippen LogP contribution in [0.4, 0.5) is 0 Å². The van der Waals surface area contributed by atoms with Crippen molar-refractivity contribution < 1.29 is 14.0 Å². The van der Waals surface area contributed by atoms with Crippen molar-refractivity contribution in [3.8, 4) is 0 Å². The molecule has 4 heteroatoms. The topological polar surface area (TPSA) is 35.5 Å². The first-order chi connectivity index (χ1) is 15.7. The van der Waals surface area contributed by atoms with Crippen LogP contribution in [0, 0.1) is 5.41 Å². The van der Waals surface area contributed by atoms with Crippen molar-refractivity contribution in [3.05, 3.63) is 85.5 Å². The molecule has 0 heterocycles. The van der Waals surface area contributed by atoms with E-state index >= 15 is 0 Å². The molecule has 0 aliphatic heterocycles. The van der Waals surface area contributed by atoms with Crippen LogP contribution in [0.1, 0.15) is 53.9 Å². The third-order valence-electron chi connectivity index (χ3n) is 6.32. The molecule has 0 N–H and O–H groups in total. The fourth-order valence-electron chi connectivity index (χ4n) is 4.31. The van der Waals surface area contributed by atoms with E-state index in [0.29, 0.717) is 13.2 Å². The lowest BCUT2D eigenvalue weighted by molar-refractivity contribution is -0.137. The van der Waals surface area contributed by atoms with Gasteiger partial charge in [0.1, 0.15) is 0 Å². The molecule has 0 fully saturated rings. The largest absolute Gasteiger partial charge is 0.463 e. The normalized spacial score (nSPS) is 14.1. The molecule has 0 saturated heterocycles. The summed E-state index contributed by atoms with van der Waals surface area (Å²) < 4.78 is 12.0. The Balaban J connectivity index is 2.22. The molecule has 0 aliphatic carbocycles. The number of hydrogen-bond donors (Lipinski definition) is 0. The second-order valence-corrected chi connectivity index (χ2v) is 14.1. The zero-order chi connectivity index (χ0) is 24.4. The van der Waals surface area contributed by atoms with Crippen LogP contribution in [-0.4, -0.2) is 27.5 Å². The van der Waals surface area contributed by atoms with E-state index < -0.39 is 8.32 Å². The number of benzene rings is 2. The van der Waals surface area contributed by atoms with Crippen LogP contribution in [0.15, 0.2) is 85.5 Å². The van der Waals surface area contributed by atoms with Gasteiger partial charge in [0.2, 0.25) is 0 Å². The van der Waals surface area contributed by atoms with Crippen molar-refractivity contribution in [2.24, 2.45) is 5.41 Å². The van der Waals surface area contributed by atoms with Crippen LogP contribution in [0.3, 0.4) is 0 Å². The first-order valence-corrected chi connectivity index (χ1v) is 13.8. The van der Waals surface area contributed by atoms with Gasteiger partial charge in [0.25, 0.3) is 8.32 Å². The van der Waals surface area contributed by atoms with E-state index in [-0.39, 0.29) is 16.4 Å². The molecule has 0 radical (unpaired) electrons. The molecular weight excluding hydrogens is 424 g/mol. The van der Waals surface area contributed by atoms with Gasteiger partial charge in [-0.3, -0.25) is 0 Å². The van der Waals surface area contributed by atoms with Crippen molar-refractivity contribution in [3.63, 3.8) is 0 Å². The number of carbonyl (C=O) groups is 1. The van der Waals surface area contributed by atoms with Crippen molar-refractivity contribution in [2.45, 2.75) is 58.9 Å². The van der Waals surface area contributed by atoms with Gasteiger partial charge in [0, 0.05) is 12.7 Å². The zero-order valence-electron chi connectivity index (χ0n) is 21.0. The SMILES string of the molecule is C=CC(C)(CC/C=C/C(=O)OCC)CCO[Si](c1ccccc1)(c1ccccc1)C(C)(C)C. The average Bonchev–Trinajstić information content (AvgIpc) is 2.80. The van der Waals surface area contributed by atoms with E-state index in [1.165, 1.54) is 16.4 Å². The van der Waals surface area contributed by atoms with Crippen molar-refractivity contribution in [1.82, 2.24) is 0 Å². The van der Waals surface area contributed by atoms with Gasteiger partial charge in [-0.05, 0) is 47.0 Å². The third-order valence-corrected chi connectivity index (χ3v) is 11.4. The molecule has 2 rings (SSSR count). The summed E-state index contributed by atoms with van der Waals surface area (Å²) in [6.07, 6.45) is 8.00. The van der Waals surface area contributed by atoms with E-state index in [9.17, 15) is 4.79 Å². The Labute approximate surface area is 201 Å². The number of esters is 1. The Morgan fingerprint density at radius 2 is 1.48 bits per heavy atom. The van der Waals surface area contributed by atoms with Gasteiger partial charge in [-0.2, -0.15) is 0 Å². The smallest absolute Gasteiger partial charge is 0.330 e. The molecular formula is C29H40O3Si. The molecule has 0 amide bonds. The Hall–Kier alpha value is -2.43. The lowest BCUT2D eigenvalue weighted by atomic mass is 9.82. The molecule has 2 aromatic carbocycles. The number of carbonyl (C=O) groups excluding carboxylic acids is 1. The minimum atomic E-state index is -2.53. The third kappa shape index (κ3) is 7.02. The minimum absolute atomic E-state index is 0.0390. The summed E-state index contributed by atoms with van der Waals surface area (Å²) in [4.78, 5) is 11.5. The van der Waals surface area contributed by atoms with Crippen LogP contribution >= 0.6 is 0 Å². The molecule has 0 aromatic heterocycles. The van der Waals surface area contributed by atoms with Gasteiger partial charge >= 0.3 is 5.97 Å². The van der Waals surface area contributed by atoms with E-state index in [2.05, 4.69) is 94.9 Å². The lowest BCUT2D eigenvalue weighted by Gasteiger charge is -2.43. The summed E-state index contributed by atoms with van der Waals surface area (Å²) in [5.41, 5.74) is -0.0790. The molecule has 3 nitrogen and oxygen atoms in total. The summed E-state index contributed by atoms with van der Waals surface area (Å²) in [5, 5.41) is 2.55. The molecule has 0 bridgehead atoms. The highest BCUT2D eigenvalue weighted by Crippen LogP contribution is 2.38. The standard InChI is InChI=1S/C29H40O3Si/c1-7-29(6,22-16-15-21-27(30)31-8-2)23-24-32-33(28(3,4)5,25-17-11-9-12-18-25)26-19-13-10-14-20-26/h7,9-15,17-21H,1,8,16,22-24H2,2-6H3/b21-15+. The van der Waals surface area contributed by atoms with Crippen molar-refractivity contribution in [1.29, 1.82) is 0 Å². The van der Waals surface area contributed by atoms with Crippen LogP contribution in [-0.2, 0) is 14.0 Å². The predicted octanol–water partition coefficient (Wildman–Crippen LogP) is 6.04. The summed E-state index contributed by atoms with van der Waals surface area (Å²) >= 11 is 0. The second kappa shape index (κ2) is 12.1. The van der Waals surface area contributed by atoms with Gasteiger partial charge in [0.05, 0.1) is 6.61 Å². The summed E-state index contributed by atoms with van der Waals surface area (Å²) in [6, 6.07) is 21.4. The van der Waals surface area contributed by atoms with Crippen molar-refractivity contribution >= 4 is 24.7 Å². The molecule has 1 unspecified atom stereocenters. The Morgan fingerprint density at radius 3 is 1.94 bits per heavy atom. The molecule has 2 aromatic rings. The summed E-state index contributed by atoms with van der Waals surface area (Å²) in [6.45, 7) is 16.1. The molecule has 1 atom stereocenters. The van der Waals surface area contributed by atoms with E-state index in [0.717, 1.165) is 19.3 Å². The van der Waals surface area contributed by atoms with E-state index in [1.54, 1.807) is 0 Å². The van der Waals surface area contributed by atoms with Gasteiger partial charge < -0.3 is 9.16 Å². The minimum Gasteiger partial charge on any atom is -0.463 e. The highest BCUT2D eigenvalue weighted by Gasteiger charge is 2.50. The first kappa shape index (κ1) is 26.8. The number of rotatable bonds is 12. The van der Waals surface area contributed by atoms with Gasteiger partial charge in [-0.15, -0.1) is 6.58 Å². The highest BCUT2D eigenvalue weighted by molar-refractivity contribution is 6.99. The van der Waals surface area contributed by atoms with Gasteiger partial charge in [-0.25, -0.2) is 4.79 Å². The quantitative estimate of drug-likeness (QED) is 0.166. The molecule has 0 saturated carbocycles. The Kier molecular flexibility index (Phi) is 9.87. The van der Waals surface area contributed by atoms with E-state index in [4.69, 9.17) is 9.16 Å². The van der Waals surface area contributed by atoms with Crippen LogP contribution < -0.4 is 10.4 Å². The maximum atomic E-state index is 11.5. The molecule has 178 valence electrons. The number of allylic oxidation sites excluding steroid dienone is 2. The summed E-state index contributed by atoms with van der Waals surface area (Å²) in [5.74, 6) is -0.284. The van der Waals surface area contributed by atoms with Gasteiger partial charge in [-0.1, -0.05) is 101 Å². The predicted molar refractivity (Wildman–Crippen MR) is 142 cm³/mol. The monoisotopic (exact) mass is 464 g/mol. The number of ether oxygens (including phenoxy) is 1. The average molecular weight is 465 g/mol. The maximum Gasteiger partial charge on any atom is 0.330 e. The fraction of sp³-hybridized carbons (Fsp3) is 0.414. The van der Waals surface area contributed by atoms with Crippen molar-refractivity contribution in [2.75, 3.05) is 13.2 Å². The molecule has 0 aliphatic rings. The fourth-order valence-corrected chi connectivity index (χ4v) is 8.87. The maximum absolute atomic E-state index is 11.5. The molecule has 33 heavy (non-hydrogen) atoms. The first-order valence-electron chi connectivity index (χ1n) is 11.9. The molecule has 0 spiro atoms. The Bertz CT molecular complexity index is 860. The lowest BCUT2D eigenvalue weighted by Crippen LogP contribution is -2.66. The van der Waals surface area contributed by atoms with E-state index in [1.807, 2.05) is 19.1 Å². The van der Waals surface area contributed by atoms with Crippen LogP contribution in [0.2, 0.25) is 5.04 Å². The zero-order valence-corrected chi connectivity index (χ0v) is 22.0. The summed E-state index contributed by atoms with van der Waals surface area (Å²) in [7, 11) is -2.53. The van der Waals surface area contributed by atoms with Gasteiger partial charge in [0.15, 0.2) is 0 Å². The van der Waals surface area contributed by atoms with Crippen LogP contribution in [0.5, 0.6) is 0 Å². The number of hydrogen-bond acceptors (Lipinski definition) is 3. The second-order valence-electron chi connectivity index (χ2n) is 9.81.